The molecule has 1 aromatic carbocycles. The molecule has 0 aliphatic carbocycles. The molecule has 0 radical (unpaired) electrons. The van der Waals surface area contributed by atoms with Gasteiger partial charge in [-0.3, -0.25) is 4.79 Å². The highest BCUT2D eigenvalue weighted by Crippen LogP contribution is 2.32. The summed E-state index contributed by atoms with van der Waals surface area (Å²) in [5.74, 6) is 1.19. The van der Waals surface area contributed by atoms with Gasteiger partial charge in [-0.05, 0) is 44.2 Å². The third-order valence-corrected chi connectivity index (χ3v) is 5.78. The molecule has 0 unspecified atom stereocenters. The topological polar surface area (TPSA) is 125 Å². The SMILES string of the molecule is COc1ccc(S(N)(=O)=O)cc1NC(=O)c1sc(-c2ccc(C)o2)nc1C. The van der Waals surface area contributed by atoms with Gasteiger partial charge in [0, 0.05) is 0 Å². The highest BCUT2D eigenvalue weighted by atomic mass is 32.2. The van der Waals surface area contributed by atoms with E-state index in [9.17, 15) is 13.2 Å². The summed E-state index contributed by atoms with van der Waals surface area (Å²) in [5.41, 5.74) is 0.723. The Morgan fingerprint density at radius 3 is 2.59 bits per heavy atom. The van der Waals surface area contributed by atoms with Crippen LogP contribution >= 0.6 is 11.3 Å². The number of thiazole rings is 1. The molecule has 142 valence electrons. The molecule has 0 fully saturated rings. The molecule has 0 spiro atoms. The van der Waals surface area contributed by atoms with Crippen molar-refractivity contribution >= 4 is 33.0 Å². The van der Waals surface area contributed by atoms with Crippen LogP contribution in [0.25, 0.3) is 10.8 Å². The van der Waals surface area contributed by atoms with Gasteiger partial charge in [0.1, 0.15) is 16.4 Å². The largest absolute Gasteiger partial charge is 0.495 e. The molecule has 2 aromatic heterocycles. The van der Waals surface area contributed by atoms with E-state index in [1.165, 1.54) is 36.6 Å². The number of nitrogens with zero attached hydrogens (tertiary/aromatic N) is 1. The quantitative estimate of drug-likeness (QED) is 0.670. The van der Waals surface area contributed by atoms with E-state index in [-0.39, 0.29) is 10.6 Å². The van der Waals surface area contributed by atoms with Crippen molar-refractivity contribution in [2.24, 2.45) is 5.14 Å². The van der Waals surface area contributed by atoms with Crippen molar-refractivity contribution in [1.82, 2.24) is 4.98 Å². The van der Waals surface area contributed by atoms with Crippen LogP contribution in [-0.2, 0) is 10.0 Å². The highest BCUT2D eigenvalue weighted by molar-refractivity contribution is 7.89. The van der Waals surface area contributed by atoms with Gasteiger partial charge in [-0.25, -0.2) is 18.5 Å². The summed E-state index contributed by atoms with van der Waals surface area (Å²) < 4.78 is 33.8. The molecule has 0 atom stereocenters. The summed E-state index contributed by atoms with van der Waals surface area (Å²) in [5, 5.41) is 8.39. The fourth-order valence-corrected chi connectivity index (χ4v) is 3.87. The van der Waals surface area contributed by atoms with E-state index in [4.69, 9.17) is 14.3 Å². The van der Waals surface area contributed by atoms with E-state index in [0.29, 0.717) is 27.1 Å². The van der Waals surface area contributed by atoms with Gasteiger partial charge in [0.25, 0.3) is 5.91 Å². The maximum Gasteiger partial charge on any atom is 0.267 e. The Balaban J connectivity index is 1.93. The number of carbonyl (C=O) groups is 1. The van der Waals surface area contributed by atoms with Crippen molar-refractivity contribution in [3.05, 3.63) is 46.7 Å². The zero-order valence-electron chi connectivity index (χ0n) is 14.8. The number of carbonyl (C=O) groups excluding carboxylic acids is 1. The average molecular weight is 407 g/mol. The van der Waals surface area contributed by atoms with E-state index in [0.717, 1.165) is 5.76 Å². The molecule has 0 saturated heterocycles. The van der Waals surface area contributed by atoms with Crippen LogP contribution in [0.15, 0.2) is 39.6 Å². The van der Waals surface area contributed by atoms with E-state index in [1.54, 1.807) is 13.0 Å². The number of hydrogen-bond acceptors (Lipinski definition) is 7. The standard InChI is InChI=1S/C17H17N3O5S2/c1-9-4-6-14(25-9)17-19-10(2)15(26-17)16(21)20-12-8-11(27(18,22)23)5-7-13(12)24-3/h4-8H,1-3H3,(H,20,21)(H2,18,22,23). The minimum Gasteiger partial charge on any atom is -0.495 e. The molecule has 3 aromatic rings. The lowest BCUT2D eigenvalue weighted by Gasteiger charge is -2.11. The van der Waals surface area contributed by atoms with Crippen LogP contribution in [-0.4, -0.2) is 26.4 Å². The van der Waals surface area contributed by atoms with Crippen molar-refractivity contribution in [3.8, 4) is 16.5 Å². The number of primary sulfonamides is 1. The summed E-state index contributed by atoms with van der Waals surface area (Å²) in [6.07, 6.45) is 0. The van der Waals surface area contributed by atoms with Gasteiger partial charge in [0.05, 0.1) is 23.4 Å². The van der Waals surface area contributed by atoms with Crippen LogP contribution < -0.4 is 15.2 Å². The fourth-order valence-electron chi connectivity index (χ4n) is 2.40. The van der Waals surface area contributed by atoms with Crippen LogP contribution in [0.4, 0.5) is 5.69 Å². The van der Waals surface area contributed by atoms with Crippen molar-refractivity contribution in [3.63, 3.8) is 0 Å². The molecule has 10 heteroatoms. The summed E-state index contributed by atoms with van der Waals surface area (Å²) in [6.45, 7) is 3.53. The second kappa shape index (κ2) is 7.14. The molecular weight excluding hydrogens is 390 g/mol. The number of hydrogen-bond donors (Lipinski definition) is 2. The Morgan fingerprint density at radius 2 is 2.00 bits per heavy atom. The minimum absolute atomic E-state index is 0.133. The van der Waals surface area contributed by atoms with E-state index >= 15 is 0 Å². The zero-order valence-corrected chi connectivity index (χ0v) is 16.4. The Kier molecular flexibility index (Phi) is 5.05. The summed E-state index contributed by atoms with van der Waals surface area (Å²) >= 11 is 1.18. The Hall–Kier alpha value is -2.69. The molecule has 27 heavy (non-hydrogen) atoms. The van der Waals surface area contributed by atoms with Crippen LogP contribution in [0, 0.1) is 13.8 Å². The van der Waals surface area contributed by atoms with Gasteiger partial charge in [-0.1, -0.05) is 0 Å². The van der Waals surface area contributed by atoms with Gasteiger partial charge >= 0.3 is 0 Å². The Morgan fingerprint density at radius 1 is 1.26 bits per heavy atom. The number of aromatic nitrogens is 1. The number of nitrogens with two attached hydrogens (primary N) is 1. The fraction of sp³-hybridized carbons (Fsp3) is 0.176. The highest BCUT2D eigenvalue weighted by Gasteiger charge is 2.20. The average Bonchev–Trinajstić information content (AvgIpc) is 3.19. The number of amides is 1. The van der Waals surface area contributed by atoms with Gasteiger partial charge < -0.3 is 14.5 Å². The van der Waals surface area contributed by atoms with Gasteiger partial charge in [0.2, 0.25) is 10.0 Å². The number of methoxy groups -OCH3 is 1. The van der Waals surface area contributed by atoms with E-state index in [1.807, 2.05) is 13.0 Å². The number of furan rings is 1. The number of anilines is 1. The molecule has 3 rings (SSSR count). The molecule has 0 aliphatic rings. The van der Waals surface area contributed by atoms with Crippen molar-refractivity contribution in [2.75, 3.05) is 12.4 Å². The Labute approximate surface area is 160 Å². The molecule has 2 heterocycles. The molecule has 0 saturated carbocycles. The first-order chi connectivity index (χ1) is 12.7. The number of sulfonamides is 1. The summed E-state index contributed by atoms with van der Waals surface area (Å²) in [6, 6.07) is 7.58. The predicted molar refractivity (Wildman–Crippen MR) is 102 cm³/mol. The van der Waals surface area contributed by atoms with Crippen molar-refractivity contribution in [1.29, 1.82) is 0 Å². The second-order valence-corrected chi connectivity index (χ2v) is 8.27. The van der Waals surface area contributed by atoms with Gasteiger partial charge in [0.15, 0.2) is 10.8 Å². The Bertz CT molecular complexity index is 1120. The minimum atomic E-state index is -3.92. The molecule has 8 nitrogen and oxygen atoms in total. The lowest BCUT2D eigenvalue weighted by atomic mass is 10.2. The van der Waals surface area contributed by atoms with Crippen LogP contribution in [0.3, 0.4) is 0 Å². The maximum atomic E-state index is 12.7. The number of benzene rings is 1. The lowest BCUT2D eigenvalue weighted by Crippen LogP contribution is -2.15. The first kappa shape index (κ1) is 19.1. The third kappa shape index (κ3) is 4.02. The predicted octanol–water partition coefficient (Wildman–Crippen LogP) is 2.93. The molecule has 1 amide bonds. The van der Waals surface area contributed by atoms with Crippen molar-refractivity contribution < 1.29 is 22.4 Å². The first-order valence-corrected chi connectivity index (χ1v) is 10.1. The first-order valence-electron chi connectivity index (χ1n) is 7.75. The van der Waals surface area contributed by atoms with Crippen molar-refractivity contribution in [2.45, 2.75) is 18.7 Å². The smallest absolute Gasteiger partial charge is 0.267 e. The molecule has 0 bridgehead atoms. The lowest BCUT2D eigenvalue weighted by molar-refractivity contribution is 0.102. The number of aryl methyl sites for hydroxylation is 2. The van der Waals surface area contributed by atoms with E-state index in [2.05, 4.69) is 10.3 Å². The molecule has 3 N–H and O–H groups in total. The normalized spacial score (nSPS) is 11.4. The second-order valence-electron chi connectivity index (χ2n) is 5.71. The number of nitrogens with one attached hydrogen (secondary N) is 1. The van der Waals surface area contributed by atoms with Gasteiger partial charge in [-0.2, -0.15) is 0 Å². The molecule has 0 aliphatic heterocycles. The maximum absolute atomic E-state index is 12.7. The number of ether oxygens (including phenoxy) is 1. The summed E-state index contributed by atoms with van der Waals surface area (Å²) in [7, 11) is -2.50. The monoisotopic (exact) mass is 407 g/mol. The van der Waals surface area contributed by atoms with Crippen LogP contribution in [0.2, 0.25) is 0 Å². The van der Waals surface area contributed by atoms with E-state index < -0.39 is 15.9 Å². The van der Waals surface area contributed by atoms with Crippen LogP contribution in [0.1, 0.15) is 21.1 Å². The summed E-state index contributed by atoms with van der Waals surface area (Å²) in [4.78, 5) is 17.3. The zero-order chi connectivity index (χ0) is 19.8. The number of rotatable bonds is 5. The third-order valence-electron chi connectivity index (χ3n) is 3.70. The van der Waals surface area contributed by atoms with Gasteiger partial charge in [-0.15, -0.1) is 11.3 Å². The van der Waals surface area contributed by atoms with Crippen LogP contribution in [0.5, 0.6) is 5.75 Å². The molecular formula is C17H17N3O5S2.